The summed E-state index contributed by atoms with van der Waals surface area (Å²) in [6.45, 7) is -0.0515. The van der Waals surface area contributed by atoms with Gasteiger partial charge in [-0.15, -0.1) is 0 Å². The minimum atomic E-state index is -2.94. The standard InChI is InChI=1S/C19H19BrF2N2O3/c1-2-26-16-9-13(5-8-15(16)27-19(21)22)18-23-17(25)11-24(18)10-12-3-6-14(20)7-4-12/h3-9,18-19H,2,10-11H2,1H3,(H,23,25)/t18-/m0/s1. The van der Waals surface area contributed by atoms with Gasteiger partial charge < -0.3 is 14.8 Å². The van der Waals surface area contributed by atoms with Gasteiger partial charge in [-0.05, 0) is 42.3 Å². The highest BCUT2D eigenvalue weighted by Gasteiger charge is 2.31. The van der Waals surface area contributed by atoms with Gasteiger partial charge in [0.1, 0.15) is 6.17 Å². The molecule has 1 fully saturated rings. The predicted molar refractivity (Wildman–Crippen MR) is 99.7 cm³/mol. The molecule has 0 aromatic heterocycles. The van der Waals surface area contributed by atoms with Crippen LogP contribution in [0.25, 0.3) is 0 Å². The van der Waals surface area contributed by atoms with Crippen LogP contribution in [0.15, 0.2) is 46.9 Å². The number of halogens is 3. The van der Waals surface area contributed by atoms with Crippen molar-refractivity contribution in [1.29, 1.82) is 0 Å². The van der Waals surface area contributed by atoms with E-state index >= 15 is 0 Å². The topological polar surface area (TPSA) is 50.8 Å². The fourth-order valence-electron chi connectivity index (χ4n) is 2.99. The largest absolute Gasteiger partial charge is 0.490 e. The minimum absolute atomic E-state index is 0.0283. The summed E-state index contributed by atoms with van der Waals surface area (Å²) in [7, 11) is 0. The fourth-order valence-corrected chi connectivity index (χ4v) is 3.25. The number of rotatable bonds is 7. The second kappa shape index (κ2) is 8.67. The highest BCUT2D eigenvalue weighted by atomic mass is 79.9. The van der Waals surface area contributed by atoms with Crippen LogP contribution in [0, 0.1) is 0 Å². The number of nitrogens with one attached hydrogen (secondary N) is 1. The van der Waals surface area contributed by atoms with Crippen molar-refractivity contribution in [2.45, 2.75) is 26.2 Å². The molecule has 2 aromatic rings. The van der Waals surface area contributed by atoms with Crippen LogP contribution in [0.4, 0.5) is 8.78 Å². The molecule has 2 aromatic carbocycles. The van der Waals surface area contributed by atoms with Crippen LogP contribution in [0.3, 0.4) is 0 Å². The Kier molecular flexibility index (Phi) is 6.28. The maximum atomic E-state index is 12.6. The molecule has 1 atom stereocenters. The molecule has 1 amide bonds. The molecule has 0 saturated carbocycles. The predicted octanol–water partition coefficient (Wildman–Crippen LogP) is 4.08. The fraction of sp³-hybridized carbons (Fsp3) is 0.316. The molecule has 27 heavy (non-hydrogen) atoms. The van der Waals surface area contributed by atoms with Gasteiger partial charge in [0.05, 0.1) is 13.2 Å². The zero-order chi connectivity index (χ0) is 19.4. The number of hydrogen-bond donors (Lipinski definition) is 1. The lowest BCUT2D eigenvalue weighted by Crippen LogP contribution is -2.27. The third-order valence-corrected chi connectivity index (χ3v) is 4.64. The van der Waals surface area contributed by atoms with Crippen LogP contribution in [0.2, 0.25) is 0 Å². The van der Waals surface area contributed by atoms with Crippen LogP contribution in [-0.4, -0.2) is 30.6 Å². The van der Waals surface area contributed by atoms with Crippen LogP contribution in [0.1, 0.15) is 24.2 Å². The van der Waals surface area contributed by atoms with Gasteiger partial charge in [-0.2, -0.15) is 8.78 Å². The molecule has 144 valence electrons. The van der Waals surface area contributed by atoms with Gasteiger partial charge in [-0.1, -0.05) is 34.1 Å². The SMILES string of the molecule is CCOc1cc([C@H]2NC(=O)CN2Cc2ccc(Br)cc2)ccc1OC(F)F. The van der Waals surface area contributed by atoms with Gasteiger partial charge in [-0.3, -0.25) is 9.69 Å². The highest BCUT2D eigenvalue weighted by Crippen LogP contribution is 2.34. The van der Waals surface area contributed by atoms with Crippen LogP contribution >= 0.6 is 15.9 Å². The zero-order valence-corrected chi connectivity index (χ0v) is 16.2. The number of carbonyl (C=O) groups is 1. The van der Waals surface area contributed by atoms with Crippen molar-refractivity contribution in [1.82, 2.24) is 10.2 Å². The molecule has 5 nitrogen and oxygen atoms in total. The van der Waals surface area contributed by atoms with Crippen molar-refractivity contribution >= 4 is 21.8 Å². The smallest absolute Gasteiger partial charge is 0.387 e. The minimum Gasteiger partial charge on any atom is -0.490 e. The molecule has 0 radical (unpaired) electrons. The summed E-state index contributed by atoms with van der Waals surface area (Å²) in [5, 5.41) is 2.91. The lowest BCUT2D eigenvalue weighted by molar-refractivity contribution is -0.118. The maximum Gasteiger partial charge on any atom is 0.387 e. The summed E-state index contributed by atoms with van der Waals surface area (Å²) in [4.78, 5) is 14.0. The first-order chi connectivity index (χ1) is 13.0. The third kappa shape index (κ3) is 4.95. The molecule has 0 unspecified atom stereocenters. The summed E-state index contributed by atoms with van der Waals surface area (Å²) in [5.41, 5.74) is 1.80. The van der Waals surface area contributed by atoms with E-state index in [9.17, 15) is 13.6 Å². The molecule has 0 bridgehead atoms. The van der Waals surface area contributed by atoms with Gasteiger partial charge in [0.2, 0.25) is 5.91 Å². The molecular formula is C19H19BrF2N2O3. The van der Waals surface area contributed by atoms with Gasteiger partial charge in [-0.25, -0.2) is 0 Å². The molecule has 1 heterocycles. The Hall–Kier alpha value is -2.19. The number of nitrogens with zero attached hydrogens (tertiary/aromatic N) is 1. The van der Waals surface area contributed by atoms with E-state index in [2.05, 4.69) is 26.0 Å². The normalized spacial score (nSPS) is 17.2. The van der Waals surface area contributed by atoms with E-state index in [-0.39, 0.29) is 30.1 Å². The first-order valence-corrected chi connectivity index (χ1v) is 9.25. The summed E-state index contributed by atoms with van der Waals surface area (Å²) < 4.78 is 36.1. The maximum absolute atomic E-state index is 12.6. The van der Waals surface area contributed by atoms with Crippen molar-refractivity contribution in [2.24, 2.45) is 0 Å². The van der Waals surface area contributed by atoms with E-state index in [0.717, 1.165) is 15.6 Å². The average molecular weight is 441 g/mol. The van der Waals surface area contributed by atoms with E-state index in [1.54, 1.807) is 19.1 Å². The summed E-state index contributed by atoms with van der Waals surface area (Å²) >= 11 is 3.40. The van der Waals surface area contributed by atoms with E-state index in [4.69, 9.17) is 4.74 Å². The van der Waals surface area contributed by atoms with Gasteiger partial charge in [0.25, 0.3) is 0 Å². The van der Waals surface area contributed by atoms with Crippen molar-refractivity contribution in [3.63, 3.8) is 0 Å². The van der Waals surface area contributed by atoms with Crippen molar-refractivity contribution < 1.29 is 23.0 Å². The quantitative estimate of drug-likeness (QED) is 0.704. The van der Waals surface area contributed by atoms with Crippen molar-refractivity contribution in [2.75, 3.05) is 13.2 Å². The van der Waals surface area contributed by atoms with Crippen molar-refractivity contribution in [3.05, 3.63) is 58.1 Å². The summed E-state index contributed by atoms with van der Waals surface area (Å²) in [5.74, 6) is 0.0994. The Morgan fingerprint density at radius 1 is 1.22 bits per heavy atom. The van der Waals surface area contributed by atoms with Gasteiger partial charge in [0.15, 0.2) is 11.5 Å². The van der Waals surface area contributed by atoms with Crippen LogP contribution < -0.4 is 14.8 Å². The third-order valence-electron chi connectivity index (χ3n) is 4.11. The lowest BCUT2D eigenvalue weighted by Gasteiger charge is -2.24. The zero-order valence-electron chi connectivity index (χ0n) is 14.6. The van der Waals surface area contributed by atoms with Crippen LogP contribution in [0.5, 0.6) is 11.5 Å². The number of hydrogen-bond acceptors (Lipinski definition) is 4. The molecule has 0 aliphatic carbocycles. The van der Waals surface area contributed by atoms with E-state index in [1.165, 1.54) is 6.07 Å². The molecule has 3 rings (SSSR count). The monoisotopic (exact) mass is 440 g/mol. The summed E-state index contributed by atoms with van der Waals surface area (Å²) in [6.07, 6.45) is -0.374. The highest BCUT2D eigenvalue weighted by molar-refractivity contribution is 9.10. The average Bonchev–Trinajstić information content (AvgIpc) is 2.98. The van der Waals surface area contributed by atoms with Gasteiger partial charge >= 0.3 is 6.61 Å². The second-order valence-corrected chi connectivity index (χ2v) is 6.93. The Labute approximate surface area is 164 Å². The number of carbonyl (C=O) groups excluding carboxylic acids is 1. The Morgan fingerprint density at radius 2 is 1.96 bits per heavy atom. The molecule has 1 aliphatic rings. The number of amides is 1. The molecule has 1 saturated heterocycles. The molecule has 0 spiro atoms. The first kappa shape index (κ1) is 19.6. The van der Waals surface area contributed by atoms with E-state index < -0.39 is 6.61 Å². The number of benzene rings is 2. The van der Waals surface area contributed by atoms with Crippen molar-refractivity contribution in [3.8, 4) is 11.5 Å². The second-order valence-electron chi connectivity index (χ2n) is 6.02. The molecule has 1 aliphatic heterocycles. The van der Waals surface area contributed by atoms with Gasteiger partial charge in [0, 0.05) is 11.0 Å². The first-order valence-electron chi connectivity index (χ1n) is 8.45. The van der Waals surface area contributed by atoms with Crippen LogP contribution in [-0.2, 0) is 11.3 Å². The molecule has 1 N–H and O–H groups in total. The Bertz CT molecular complexity index is 802. The number of alkyl halides is 2. The number of ether oxygens (including phenoxy) is 2. The molecule has 8 heteroatoms. The lowest BCUT2D eigenvalue weighted by atomic mass is 10.1. The molecular weight excluding hydrogens is 422 g/mol. The van der Waals surface area contributed by atoms with E-state index in [1.807, 2.05) is 29.2 Å². The Balaban J connectivity index is 1.84. The van der Waals surface area contributed by atoms with E-state index in [0.29, 0.717) is 13.2 Å². The Morgan fingerprint density at radius 3 is 2.63 bits per heavy atom. The summed E-state index contributed by atoms with van der Waals surface area (Å²) in [6, 6.07) is 12.6.